The van der Waals surface area contributed by atoms with E-state index in [0.29, 0.717) is 12.6 Å². The smallest absolute Gasteiger partial charge is 0.0187 e. The molecule has 1 heterocycles. The number of hydrogen-bond donors (Lipinski definition) is 1. The minimum absolute atomic E-state index is 0.659. The lowest BCUT2D eigenvalue weighted by molar-refractivity contribution is 0.236. The van der Waals surface area contributed by atoms with Gasteiger partial charge in [0.05, 0.1) is 0 Å². The molecule has 1 rings (SSSR count). The molecule has 1 saturated heterocycles. The minimum atomic E-state index is 0.659. The molecule has 0 amide bonds. The van der Waals surface area contributed by atoms with Crippen molar-refractivity contribution in [1.82, 2.24) is 4.90 Å². The first-order valence-electron chi connectivity index (χ1n) is 4.96. The number of hydrogen-bond acceptors (Lipinski definition) is 3. The van der Waals surface area contributed by atoms with E-state index >= 15 is 0 Å². The number of nitrogens with two attached hydrogens (primary N) is 1. The van der Waals surface area contributed by atoms with Crippen LogP contribution in [-0.4, -0.2) is 41.6 Å². The topological polar surface area (TPSA) is 29.3 Å². The summed E-state index contributed by atoms with van der Waals surface area (Å²) in [5, 5.41) is 0.764. The third-order valence-electron chi connectivity index (χ3n) is 2.66. The summed E-state index contributed by atoms with van der Waals surface area (Å²) in [5.74, 6) is 1.27. The summed E-state index contributed by atoms with van der Waals surface area (Å²) in [6.45, 7) is 7.56. The highest BCUT2D eigenvalue weighted by Crippen LogP contribution is 2.23. The lowest BCUT2D eigenvalue weighted by atomic mass is 10.2. The molecule has 0 saturated carbocycles. The molecule has 13 heavy (non-hydrogen) atoms. The number of nitrogens with zero attached hydrogens (tertiary/aromatic N) is 1. The molecule has 1 aliphatic rings. The Morgan fingerprint density at radius 3 is 2.92 bits per heavy atom. The van der Waals surface area contributed by atoms with Crippen molar-refractivity contribution in [3.63, 3.8) is 0 Å². The van der Waals surface area contributed by atoms with E-state index in [2.05, 4.69) is 36.6 Å². The Bertz CT molecular complexity index is 170. The molecule has 1 aliphatic heterocycles. The van der Waals surface area contributed by atoms with Crippen LogP contribution >= 0.6 is 11.8 Å². The minimum Gasteiger partial charge on any atom is -0.327 e. The zero-order chi connectivity index (χ0) is 9.68. The molecule has 2 N–H and O–H groups in total. The van der Waals surface area contributed by atoms with E-state index < -0.39 is 0 Å². The number of thioether (sulfide) groups is 1. The van der Waals surface area contributed by atoms with Crippen LogP contribution in [0.4, 0.5) is 0 Å². The van der Waals surface area contributed by atoms with Crippen molar-refractivity contribution < 1.29 is 0 Å². The van der Waals surface area contributed by atoms with E-state index in [-0.39, 0.29) is 0 Å². The van der Waals surface area contributed by atoms with Crippen LogP contribution < -0.4 is 5.73 Å². The molecule has 0 aromatic heterocycles. The summed E-state index contributed by atoms with van der Waals surface area (Å²) in [6, 6.07) is 0.696. The van der Waals surface area contributed by atoms with Crippen molar-refractivity contribution >= 4 is 11.8 Å². The van der Waals surface area contributed by atoms with E-state index in [1.54, 1.807) is 0 Å². The molecule has 2 atom stereocenters. The molecule has 0 radical (unpaired) electrons. The molecule has 2 unspecified atom stereocenters. The molecule has 0 aromatic rings. The Morgan fingerprint density at radius 1 is 1.46 bits per heavy atom. The van der Waals surface area contributed by atoms with Crippen LogP contribution in [0.1, 0.15) is 13.8 Å². The van der Waals surface area contributed by atoms with Gasteiger partial charge < -0.3 is 5.73 Å². The van der Waals surface area contributed by atoms with Crippen LogP contribution in [0.3, 0.4) is 0 Å². The van der Waals surface area contributed by atoms with E-state index in [9.17, 15) is 0 Å². The normalized spacial score (nSPS) is 31.3. The third kappa shape index (κ3) is 3.33. The Hall–Kier alpha value is 0.01000. The maximum absolute atomic E-state index is 5.40. The predicted octanol–water partition coefficient (Wildman–Crippen LogP) is 1.33. The standard InChI is InChI=1S/C10H20N2S/c1-9-10(2)13-8-7-12(9)6-4-3-5-11/h3-4,9-10H,5-8,11H2,1-2H3/b4-3+. The Kier molecular flexibility index (Phi) is 4.84. The van der Waals surface area contributed by atoms with Crippen LogP contribution in [0.5, 0.6) is 0 Å². The molecular weight excluding hydrogens is 180 g/mol. The van der Waals surface area contributed by atoms with Crippen LogP contribution in [-0.2, 0) is 0 Å². The number of rotatable bonds is 3. The summed E-state index contributed by atoms with van der Waals surface area (Å²) in [7, 11) is 0. The van der Waals surface area contributed by atoms with Crippen molar-refractivity contribution in [1.29, 1.82) is 0 Å². The predicted molar refractivity (Wildman–Crippen MR) is 61.1 cm³/mol. The fourth-order valence-corrected chi connectivity index (χ4v) is 2.72. The summed E-state index contributed by atoms with van der Waals surface area (Å²) >= 11 is 2.08. The van der Waals surface area contributed by atoms with Crippen LogP contribution in [0.15, 0.2) is 12.2 Å². The highest BCUT2D eigenvalue weighted by atomic mass is 32.2. The second-order valence-corrected chi connectivity index (χ2v) is 5.00. The summed E-state index contributed by atoms with van der Waals surface area (Å²) in [5.41, 5.74) is 5.40. The molecule has 1 fully saturated rings. The molecule has 76 valence electrons. The van der Waals surface area contributed by atoms with Crippen LogP contribution in [0.2, 0.25) is 0 Å². The third-order valence-corrected chi connectivity index (χ3v) is 4.00. The van der Waals surface area contributed by atoms with Crippen molar-refractivity contribution in [3.8, 4) is 0 Å². The lowest BCUT2D eigenvalue weighted by Crippen LogP contribution is -2.44. The lowest BCUT2D eigenvalue weighted by Gasteiger charge is -2.36. The summed E-state index contributed by atoms with van der Waals surface area (Å²) < 4.78 is 0. The zero-order valence-electron chi connectivity index (χ0n) is 8.57. The molecule has 0 bridgehead atoms. The monoisotopic (exact) mass is 200 g/mol. The van der Waals surface area contributed by atoms with Gasteiger partial charge in [0.15, 0.2) is 0 Å². The largest absolute Gasteiger partial charge is 0.327 e. The van der Waals surface area contributed by atoms with Gasteiger partial charge in [-0.05, 0) is 6.92 Å². The van der Waals surface area contributed by atoms with Gasteiger partial charge in [-0.2, -0.15) is 11.8 Å². The fourth-order valence-electron chi connectivity index (χ4n) is 1.56. The van der Waals surface area contributed by atoms with Gasteiger partial charge in [-0.3, -0.25) is 4.90 Å². The quantitative estimate of drug-likeness (QED) is 0.697. The van der Waals surface area contributed by atoms with Gasteiger partial charge in [-0.25, -0.2) is 0 Å². The first-order valence-corrected chi connectivity index (χ1v) is 6.01. The maximum atomic E-state index is 5.40. The van der Waals surface area contributed by atoms with E-state index in [0.717, 1.165) is 11.8 Å². The van der Waals surface area contributed by atoms with Gasteiger partial charge in [0.2, 0.25) is 0 Å². The van der Waals surface area contributed by atoms with Gasteiger partial charge in [-0.1, -0.05) is 19.1 Å². The molecule has 0 aliphatic carbocycles. The molecule has 3 heteroatoms. The summed E-state index contributed by atoms with van der Waals surface area (Å²) in [4.78, 5) is 2.52. The highest BCUT2D eigenvalue weighted by Gasteiger charge is 2.23. The average Bonchev–Trinajstić information content (AvgIpc) is 2.13. The van der Waals surface area contributed by atoms with Crippen molar-refractivity contribution in [2.45, 2.75) is 25.1 Å². The van der Waals surface area contributed by atoms with Crippen LogP contribution in [0, 0.1) is 0 Å². The first-order chi connectivity index (χ1) is 6.25. The second kappa shape index (κ2) is 5.68. The highest BCUT2D eigenvalue weighted by molar-refractivity contribution is 8.00. The molecule has 0 spiro atoms. The Balaban J connectivity index is 2.35. The second-order valence-electron chi connectivity index (χ2n) is 3.52. The Labute approximate surface area is 85.6 Å². The van der Waals surface area contributed by atoms with Crippen molar-refractivity contribution in [2.24, 2.45) is 5.73 Å². The van der Waals surface area contributed by atoms with Gasteiger partial charge in [0, 0.05) is 36.7 Å². The van der Waals surface area contributed by atoms with Crippen molar-refractivity contribution in [2.75, 3.05) is 25.4 Å². The molecular formula is C10H20N2S. The van der Waals surface area contributed by atoms with E-state index in [1.165, 1.54) is 12.3 Å². The fraction of sp³-hybridized carbons (Fsp3) is 0.800. The molecule has 0 aromatic carbocycles. The van der Waals surface area contributed by atoms with Gasteiger partial charge >= 0.3 is 0 Å². The first kappa shape index (κ1) is 11.1. The van der Waals surface area contributed by atoms with Gasteiger partial charge in [0.25, 0.3) is 0 Å². The Morgan fingerprint density at radius 2 is 2.23 bits per heavy atom. The van der Waals surface area contributed by atoms with Crippen LogP contribution in [0.25, 0.3) is 0 Å². The molecule has 2 nitrogen and oxygen atoms in total. The van der Waals surface area contributed by atoms with E-state index in [4.69, 9.17) is 5.73 Å². The zero-order valence-corrected chi connectivity index (χ0v) is 9.39. The maximum Gasteiger partial charge on any atom is 0.0187 e. The SMILES string of the molecule is CC1SCCN(C/C=C/CN)C1C. The van der Waals surface area contributed by atoms with Gasteiger partial charge in [-0.15, -0.1) is 0 Å². The average molecular weight is 200 g/mol. The summed E-state index contributed by atoms with van der Waals surface area (Å²) in [6.07, 6.45) is 4.22. The van der Waals surface area contributed by atoms with E-state index in [1.807, 2.05) is 6.08 Å². The van der Waals surface area contributed by atoms with Gasteiger partial charge in [0.1, 0.15) is 0 Å². The van der Waals surface area contributed by atoms with Crippen molar-refractivity contribution in [3.05, 3.63) is 12.2 Å².